The summed E-state index contributed by atoms with van der Waals surface area (Å²) in [4.78, 5) is 13.3. The lowest BCUT2D eigenvalue weighted by Gasteiger charge is -2.35. The zero-order valence-electron chi connectivity index (χ0n) is 18.7. The monoisotopic (exact) mass is 466 g/mol. The van der Waals surface area contributed by atoms with Crippen molar-refractivity contribution in [1.82, 2.24) is 5.32 Å². The van der Waals surface area contributed by atoms with Crippen molar-refractivity contribution in [1.29, 1.82) is 0 Å². The van der Waals surface area contributed by atoms with Crippen LogP contribution in [-0.4, -0.2) is 34.1 Å². The highest BCUT2D eigenvalue weighted by molar-refractivity contribution is 7.92. The van der Waals surface area contributed by atoms with E-state index in [4.69, 9.17) is 9.47 Å². The third-order valence-electron chi connectivity index (χ3n) is 5.60. The molecule has 0 bridgehead atoms. The molecule has 33 heavy (non-hydrogen) atoms. The number of nitrogens with one attached hydrogen (secondary N) is 1. The second kappa shape index (κ2) is 9.15. The van der Waals surface area contributed by atoms with E-state index in [-0.39, 0.29) is 17.5 Å². The van der Waals surface area contributed by atoms with E-state index in [1.165, 1.54) is 4.31 Å². The quantitative estimate of drug-likeness (QED) is 0.597. The third-order valence-corrected chi connectivity index (χ3v) is 7.39. The van der Waals surface area contributed by atoms with Crippen molar-refractivity contribution in [2.24, 2.45) is 0 Å². The highest BCUT2D eigenvalue weighted by atomic mass is 32.2. The summed E-state index contributed by atoms with van der Waals surface area (Å²) >= 11 is 0. The number of carbonyl (C=O) groups excluding carboxylic acids is 1. The van der Waals surface area contributed by atoms with Gasteiger partial charge >= 0.3 is 0 Å². The second-order valence-corrected chi connectivity index (χ2v) is 9.76. The average molecular weight is 467 g/mol. The maximum Gasteiger partial charge on any atom is 0.264 e. The fourth-order valence-electron chi connectivity index (χ4n) is 3.81. The molecule has 3 aromatic rings. The van der Waals surface area contributed by atoms with Crippen molar-refractivity contribution in [3.63, 3.8) is 0 Å². The number of benzene rings is 3. The van der Waals surface area contributed by atoms with E-state index < -0.39 is 22.0 Å². The van der Waals surface area contributed by atoms with Crippen molar-refractivity contribution in [2.45, 2.75) is 30.9 Å². The van der Waals surface area contributed by atoms with Gasteiger partial charge in [0.2, 0.25) is 0 Å². The number of nitrogens with zero attached hydrogens (tertiary/aromatic N) is 1. The van der Waals surface area contributed by atoms with Gasteiger partial charge in [0.1, 0.15) is 11.5 Å². The predicted molar refractivity (Wildman–Crippen MR) is 126 cm³/mol. The minimum Gasteiger partial charge on any atom is -0.496 e. The van der Waals surface area contributed by atoms with Gasteiger partial charge in [-0.3, -0.25) is 9.10 Å². The lowest BCUT2D eigenvalue weighted by molar-refractivity contribution is -0.128. The number of hydrogen-bond donors (Lipinski definition) is 1. The molecule has 172 valence electrons. The van der Waals surface area contributed by atoms with Crippen LogP contribution in [0.25, 0.3) is 0 Å². The number of rotatable bonds is 6. The number of aryl methyl sites for hydroxylation is 1. The first-order valence-electron chi connectivity index (χ1n) is 10.6. The van der Waals surface area contributed by atoms with E-state index in [0.29, 0.717) is 17.2 Å². The van der Waals surface area contributed by atoms with Crippen LogP contribution in [0, 0.1) is 6.92 Å². The Bertz CT molecular complexity index is 1260. The lowest BCUT2D eigenvalue weighted by atomic mass is 10.1. The summed E-state index contributed by atoms with van der Waals surface area (Å²) in [6.45, 7) is 3.59. The number of ether oxygens (including phenoxy) is 2. The topological polar surface area (TPSA) is 84.9 Å². The second-order valence-electron chi connectivity index (χ2n) is 7.90. The van der Waals surface area contributed by atoms with Gasteiger partial charge < -0.3 is 14.8 Å². The van der Waals surface area contributed by atoms with Crippen molar-refractivity contribution in [3.8, 4) is 11.5 Å². The first-order chi connectivity index (χ1) is 15.8. The van der Waals surface area contributed by atoms with Gasteiger partial charge in [0.25, 0.3) is 15.9 Å². The molecule has 1 amide bonds. The number of fused-ring (bicyclic) bond motifs is 1. The van der Waals surface area contributed by atoms with E-state index in [0.717, 1.165) is 11.1 Å². The van der Waals surface area contributed by atoms with E-state index in [1.807, 2.05) is 38.1 Å². The van der Waals surface area contributed by atoms with Gasteiger partial charge in [-0.1, -0.05) is 48.0 Å². The Morgan fingerprint density at radius 3 is 2.45 bits per heavy atom. The summed E-state index contributed by atoms with van der Waals surface area (Å²) in [5.74, 6) is 0.584. The van der Waals surface area contributed by atoms with Crippen LogP contribution in [0.3, 0.4) is 0 Å². The van der Waals surface area contributed by atoms with Crippen LogP contribution >= 0.6 is 0 Å². The average Bonchev–Trinajstić information content (AvgIpc) is 2.83. The molecule has 3 aromatic carbocycles. The van der Waals surface area contributed by atoms with Gasteiger partial charge in [-0.05, 0) is 44.2 Å². The molecule has 1 heterocycles. The van der Waals surface area contributed by atoms with Gasteiger partial charge in [-0.15, -0.1) is 0 Å². The van der Waals surface area contributed by atoms with Crippen LogP contribution in [-0.2, 0) is 14.8 Å². The Balaban J connectivity index is 1.62. The molecule has 0 fully saturated rings. The van der Waals surface area contributed by atoms with Crippen LogP contribution in [0.5, 0.6) is 11.5 Å². The standard InChI is InChI=1S/C25H26N2O5S/c1-17-12-14-19(15-13-17)33(29,30)27-16-24(32-23-11-7-5-9-21(23)27)25(28)26-18(2)20-8-4-6-10-22(20)31-3/h4-15,18,24H,16H2,1-3H3,(H,26,28)/t18-,24-/m0/s1. The number of carbonyl (C=O) groups is 1. The van der Waals surface area contributed by atoms with E-state index >= 15 is 0 Å². The number of methoxy groups -OCH3 is 1. The molecule has 8 heteroatoms. The summed E-state index contributed by atoms with van der Waals surface area (Å²) < 4.78 is 39.5. The fourth-order valence-corrected chi connectivity index (χ4v) is 5.29. The van der Waals surface area contributed by atoms with Gasteiger partial charge in [0, 0.05) is 5.56 Å². The summed E-state index contributed by atoms with van der Waals surface area (Å²) in [5.41, 5.74) is 2.17. The van der Waals surface area contributed by atoms with E-state index in [9.17, 15) is 13.2 Å². The smallest absolute Gasteiger partial charge is 0.264 e. The summed E-state index contributed by atoms with van der Waals surface area (Å²) in [5, 5.41) is 2.93. The summed E-state index contributed by atoms with van der Waals surface area (Å²) in [6.07, 6.45) is -1.02. The minimum atomic E-state index is -3.90. The third kappa shape index (κ3) is 4.52. The Morgan fingerprint density at radius 1 is 1.06 bits per heavy atom. The maximum absolute atomic E-state index is 13.5. The molecule has 1 N–H and O–H groups in total. The molecule has 0 saturated carbocycles. The number of para-hydroxylation sites is 3. The minimum absolute atomic E-state index is 0.141. The number of sulfonamides is 1. The molecule has 4 rings (SSSR count). The molecule has 0 unspecified atom stereocenters. The predicted octanol–water partition coefficient (Wildman–Crippen LogP) is 3.84. The molecule has 0 aromatic heterocycles. The van der Waals surface area contributed by atoms with Crippen molar-refractivity contribution in [2.75, 3.05) is 18.0 Å². The van der Waals surface area contributed by atoms with E-state index in [1.54, 1.807) is 55.6 Å². The van der Waals surface area contributed by atoms with Crippen molar-refractivity contribution >= 4 is 21.6 Å². The summed E-state index contributed by atoms with van der Waals surface area (Å²) in [7, 11) is -2.32. The molecule has 7 nitrogen and oxygen atoms in total. The Kier molecular flexibility index (Phi) is 6.29. The first kappa shape index (κ1) is 22.7. The van der Waals surface area contributed by atoms with Gasteiger partial charge in [-0.25, -0.2) is 8.42 Å². The van der Waals surface area contributed by atoms with Crippen LogP contribution in [0.15, 0.2) is 77.7 Å². The summed E-state index contributed by atoms with van der Waals surface area (Å²) in [6, 6.07) is 20.5. The molecular formula is C25H26N2O5S. The largest absolute Gasteiger partial charge is 0.496 e. The fraction of sp³-hybridized carbons (Fsp3) is 0.240. The Morgan fingerprint density at radius 2 is 1.73 bits per heavy atom. The first-order valence-corrected chi connectivity index (χ1v) is 12.0. The van der Waals surface area contributed by atoms with Crippen LogP contribution < -0.4 is 19.1 Å². The van der Waals surface area contributed by atoms with Crippen LogP contribution in [0.2, 0.25) is 0 Å². The highest BCUT2D eigenvalue weighted by Crippen LogP contribution is 2.37. The molecule has 0 radical (unpaired) electrons. The van der Waals surface area contributed by atoms with Gasteiger partial charge in [-0.2, -0.15) is 0 Å². The van der Waals surface area contributed by atoms with Crippen molar-refractivity contribution < 1.29 is 22.7 Å². The lowest BCUT2D eigenvalue weighted by Crippen LogP contribution is -2.51. The highest BCUT2D eigenvalue weighted by Gasteiger charge is 2.37. The molecule has 2 atom stereocenters. The Hall–Kier alpha value is -3.52. The molecule has 1 aliphatic rings. The normalized spacial score (nSPS) is 16.3. The van der Waals surface area contributed by atoms with Gasteiger partial charge in [0.15, 0.2) is 6.10 Å². The van der Waals surface area contributed by atoms with Crippen LogP contribution in [0.4, 0.5) is 5.69 Å². The number of amides is 1. The van der Waals surface area contributed by atoms with Gasteiger partial charge in [0.05, 0.1) is 30.3 Å². The van der Waals surface area contributed by atoms with Crippen molar-refractivity contribution in [3.05, 3.63) is 83.9 Å². The van der Waals surface area contributed by atoms with E-state index in [2.05, 4.69) is 5.32 Å². The zero-order chi connectivity index (χ0) is 23.6. The molecular weight excluding hydrogens is 440 g/mol. The molecule has 1 aliphatic heterocycles. The number of hydrogen-bond acceptors (Lipinski definition) is 5. The van der Waals surface area contributed by atoms with Crippen LogP contribution in [0.1, 0.15) is 24.1 Å². The maximum atomic E-state index is 13.5. The Labute approximate surface area is 194 Å². The SMILES string of the molecule is COc1ccccc1[C@H](C)NC(=O)[C@@H]1CN(S(=O)(=O)c2ccc(C)cc2)c2ccccc2O1. The molecule has 0 spiro atoms. The molecule has 0 aliphatic carbocycles. The number of anilines is 1. The zero-order valence-corrected chi connectivity index (χ0v) is 19.5. The molecule has 0 saturated heterocycles.